The van der Waals surface area contributed by atoms with Crippen LogP contribution in [-0.4, -0.2) is 30.0 Å². The fraction of sp³-hybridized carbons (Fsp3) is 0.533. The van der Waals surface area contributed by atoms with Gasteiger partial charge >= 0.3 is 0 Å². The molecule has 5 heteroatoms. The lowest BCUT2D eigenvalue weighted by molar-refractivity contribution is -0.120. The van der Waals surface area contributed by atoms with Crippen LogP contribution < -0.4 is 10.2 Å². The number of likely N-dealkylation sites (N-methyl/N-ethyl adjacent to an activating group) is 1. The number of aryl methyl sites for hydroxylation is 2. The molecule has 0 radical (unpaired) electrons. The first-order valence-electron chi connectivity index (χ1n) is 6.81. The number of nitriles is 1. The van der Waals surface area contributed by atoms with Crippen LogP contribution in [0.3, 0.4) is 0 Å². The zero-order valence-electron chi connectivity index (χ0n) is 12.8. The van der Waals surface area contributed by atoms with Crippen LogP contribution in [-0.2, 0) is 4.79 Å². The summed E-state index contributed by atoms with van der Waals surface area (Å²) in [7, 11) is 0. The molecule has 1 heterocycles. The third kappa shape index (κ3) is 3.95. The maximum absolute atomic E-state index is 11.9. The number of carbonyl (C=O) groups excluding carboxylic acids is 1. The van der Waals surface area contributed by atoms with Crippen LogP contribution in [0, 0.1) is 25.2 Å². The van der Waals surface area contributed by atoms with E-state index < -0.39 is 0 Å². The Kier molecular flexibility index (Phi) is 5.51. The third-order valence-electron chi connectivity index (χ3n) is 2.93. The van der Waals surface area contributed by atoms with Gasteiger partial charge in [-0.1, -0.05) is 0 Å². The molecule has 1 rings (SSSR count). The van der Waals surface area contributed by atoms with Crippen molar-refractivity contribution in [1.29, 1.82) is 5.26 Å². The number of nitrogens with one attached hydrogen (secondary N) is 1. The highest BCUT2D eigenvalue weighted by molar-refractivity contribution is 5.82. The van der Waals surface area contributed by atoms with E-state index in [1.54, 1.807) is 0 Å². The SMILES string of the molecule is CCN(CC(=O)NC(C)C)c1cc(C)nc(C)c1C#N. The van der Waals surface area contributed by atoms with Crippen molar-refractivity contribution in [2.75, 3.05) is 18.0 Å². The molecule has 0 bridgehead atoms. The first-order chi connectivity index (χ1) is 9.38. The number of carbonyl (C=O) groups is 1. The van der Waals surface area contributed by atoms with E-state index in [-0.39, 0.29) is 18.5 Å². The molecular formula is C15H22N4O. The average molecular weight is 274 g/mol. The zero-order valence-corrected chi connectivity index (χ0v) is 12.8. The van der Waals surface area contributed by atoms with Gasteiger partial charge in [-0.05, 0) is 40.7 Å². The smallest absolute Gasteiger partial charge is 0.239 e. The van der Waals surface area contributed by atoms with Crippen LogP contribution in [0.5, 0.6) is 0 Å². The molecular weight excluding hydrogens is 252 g/mol. The summed E-state index contributed by atoms with van der Waals surface area (Å²) in [5.41, 5.74) is 2.86. The Hall–Kier alpha value is -2.09. The summed E-state index contributed by atoms with van der Waals surface area (Å²) >= 11 is 0. The summed E-state index contributed by atoms with van der Waals surface area (Å²) in [4.78, 5) is 18.1. The average Bonchev–Trinajstić information content (AvgIpc) is 2.34. The van der Waals surface area contributed by atoms with Gasteiger partial charge in [-0.2, -0.15) is 5.26 Å². The largest absolute Gasteiger partial charge is 0.361 e. The molecule has 0 aromatic carbocycles. The molecule has 1 aromatic rings. The molecule has 0 unspecified atom stereocenters. The molecule has 0 saturated heterocycles. The number of hydrogen-bond donors (Lipinski definition) is 1. The Labute approximate surface area is 120 Å². The van der Waals surface area contributed by atoms with Crippen molar-refractivity contribution in [2.45, 2.75) is 40.7 Å². The Morgan fingerprint density at radius 3 is 2.65 bits per heavy atom. The topological polar surface area (TPSA) is 69.0 Å². The van der Waals surface area contributed by atoms with Crippen LogP contribution in [0.25, 0.3) is 0 Å². The van der Waals surface area contributed by atoms with Gasteiger partial charge in [0, 0.05) is 18.3 Å². The molecule has 20 heavy (non-hydrogen) atoms. The van der Waals surface area contributed by atoms with E-state index >= 15 is 0 Å². The maximum Gasteiger partial charge on any atom is 0.239 e. The minimum Gasteiger partial charge on any atom is -0.361 e. The van der Waals surface area contributed by atoms with Crippen molar-refractivity contribution in [3.63, 3.8) is 0 Å². The molecule has 108 valence electrons. The fourth-order valence-electron chi connectivity index (χ4n) is 2.10. The number of amides is 1. The number of nitrogens with zero attached hydrogens (tertiary/aromatic N) is 3. The Balaban J connectivity index is 3.07. The Morgan fingerprint density at radius 1 is 1.50 bits per heavy atom. The van der Waals surface area contributed by atoms with Gasteiger partial charge in [0.15, 0.2) is 0 Å². The minimum absolute atomic E-state index is 0.0436. The van der Waals surface area contributed by atoms with Gasteiger partial charge < -0.3 is 10.2 Å². The molecule has 0 aliphatic rings. The highest BCUT2D eigenvalue weighted by Crippen LogP contribution is 2.23. The van der Waals surface area contributed by atoms with Gasteiger partial charge in [0.1, 0.15) is 6.07 Å². The van der Waals surface area contributed by atoms with Crippen LogP contribution in [0.15, 0.2) is 6.07 Å². The molecule has 0 fully saturated rings. The van der Waals surface area contributed by atoms with Gasteiger partial charge in [0.25, 0.3) is 0 Å². The molecule has 0 atom stereocenters. The molecule has 0 aliphatic heterocycles. The lowest BCUT2D eigenvalue weighted by Crippen LogP contribution is -2.40. The quantitative estimate of drug-likeness (QED) is 0.890. The molecule has 0 aliphatic carbocycles. The highest BCUT2D eigenvalue weighted by atomic mass is 16.2. The monoisotopic (exact) mass is 274 g/mol. The van der Waals surface area contributed by atoms with Gasteiger partial charge in [-0.25, -0.2) is 0 Å². The molecule has 0 saturated carbocycles. The predicted molar refractivity (Wildman–Crippen MR) is 79.6 cm³/mol. The predicted octanol–water partition coefficient (Wildman–Crippen LogP) is 1.92. The minimum atomic E-state index is -0.0436. The van der Waals surface area contributed by atoms with E-state index in [0.717, 1.165) is 11.4 Å². The van der Waals surface area contributed by atoms with Crippen LogP contribution >= 0.6 is 0 Å². The summed E-state index contributed by atoms with van der Waals surface area (Å²) in [5, 5.41) is 12.2. The molecule has 1 amide bonds. The number of pyridine rings is 1. The summed E-state index contributed by atoms with van der Waals surface area (Å²) in [6, 6.07) is 4.15. The fourth-order valence-corrected chi connectivity index (χ4v) is 2.10. The second-order valence-corrected chi connectivity index (χ2v) is 5.09. The summed E-state index contributed by atoms with van der Waals surface area (Å²) in [6.07, 6.45) is 0. The summed E-state index contributed by atoms with van der Waals surface area (Å²) < 4.78 is 0. The van der Waals surface area contributed by atoms with E-state index in [4.69, 9.17) is 0 Å². The zero-order chi connectivity index (χ0) is 15.3. The van der Waals surface area contributed by atoms with Crippen molar-refractivity contribution in [3.8, 4) is 6.07 Å². The first-order valence-corrected chi connectivity index (χ1v) is 6.81. The second kappa shape index (κ2) is 6.90. The van der Waals surface area contributed by atoms with Gasteiger partial charge in [0.2, 0.25) is 5.91 Å². The normalized spacial score (nSPS) is 10.2. The third-order valence-corrected chi connectivity index (χ3v) is 2.93. The van der Waals surface area contributed by atoms with Crippen molar-refractivity contribution in [1.82, 2.24) is 10.3 Å². The Morgan fingerprint density at radius 2 is 2.15 bits per heavy atom. The van der Waals surface area contributed by atoms with Crippen LogP contribution in [0.1, 0.15) is 37.7 Å². The standard InChI is InChI=1S/C15H22N4O/c1-6-19(9-15(20)17-10(2)3)14-7-11(4)18-12(5)13(14)8-16/h7,10H,6,9H2,1-5H3,(H,17,20). The van der Waals surface area contributed by atoms with E-state index in [9.17, 15) is 10.1 Å². The summed E-state index contributed by atoms with van der Waals surface area (Å²) in [6.45, 7) is 10.4. The lowest BCUT2D eigenvalue weighted by atomic mass is 10.1. The molecule has 1 N–H and O–H groups in total. The van der Waals surface area contributed by atoms with Crippen molar-refractivity contribution in [2.24, 2.45) is 0 Å². The van der Waals surface area contributed by atoms with Crippen molar-refractivity contribution in [3.05, 3.63) is 23.0 Å². The van der Waals surface area contributed by atoms with E-state index in [2.05, 4.69) is 16.4 Å². The van der Waals surface area contributed by atoms with E-state index in [1.165, 1.54) is 0 Å². The van der Waals surface area contributed by atoms with Crippen molar-refractivity contribution < 1.29 is 4.79 Å². The summed E-state index contributed by atoms with van der Waals surface area (Å²) in [5.74, 6) is -0.0436. The number of rotatable bonds is 5. The number of anilines is 1. The first kappa shape index (κ1) is 16.0. The van der Waals surface area contributed by atoms with Gasteiger partial charge in [-0.3, -0.25) is 9.78 Å². The second-order valence-electron chi connectivity index (χ2n) is 5.09. The Bertz CT molecular complexity index is 531. The number of hydrogen-bond acceptors (Lipinski definition) is 4. The molecule has 0 spiro atoms. The van der Waals surface area contributed by atoms with Crippen molar-refractivity contribution >= 4 is 11.6 Å². The van der Waals surface area contributed by atoms with Crippen LogP contribution in [0.4, 0.5) is 5.69 Å². The van der Waals surface area contributed by atoms with Gasteiger partial charge in [-0.15, -0.1) is 0 Å². The van der Waals surface area contributed by atoms with Gasteiger partial charge in [0.05, 0.1) is 23.5 Å². The van der Waals surface area contributed by atoms with E-state index in [1.807, 2.05) is 45.6 Å². The van der Waals surface area contributed by atoms with E-state index in [0.29, 0.717) is 17.8 Å². The molecule has 1 aromatic heterocycles. The highest BCUT2D eigenvalue weighted by Gasteiger charge is 2.16. The van der Waals surface area contributed by atoms with Crippen LogP contribution in [0.2, 0.25) is 0 Å². The molecule has 5 nitrogen and oxygen atoms in total. The lowest BCUT2D eigenvalue weighted by Gasteiger charge is -2.25. The maximum atomic E-state index is 11.9. The number of aromatic nitrogens is 1.